The number of halogens is 1. The van der Waals surface area contributed by atoms with Crippen molar-refractivity contribution in [3.05, 3.63) is 0 Å². The summed E-state index contributed by atoms with van der Waals surface area (Å²) < 4.78 is 0. The van der Waals surface area contributed by atoms with E-state index < -0.39 is 0 Å². The van der Waals surface area contributed by atoms with Crippen molar-refractivity contribution in [3.8, 4) is 0 Å². The molecular weight excluding hydrogens is 248 g/mol. The van der Waals surface area contributed by atoms with Gasteiger partial charge in [0.05, 0.1) is 0 Å². The second kappa shape index (κ2) is 8.76. The van der Waals surface area contributed by atoms with Crippen molar-refractivity contribution in [2.75, 3.05) is 19.6 Å². The van der Waals surface area contributed by atoms with Gasteiger partial charge in [0, 0.05) is 18.5 Å². The molecule has 1 aliphatic heterocycles. The van der Waals surface area contributed by atoms with Crippen LogP contribution in [0.4, 0.5) is 0 Å². The Kier molecular flexibility index (Phi) is 8.62. The lowest BCUT2D eigenvalue weighted by molar-refractivity contribution is -0.139. The predicted molar refractivity (Wildman–Crippen MR) is 79.1 cm³/mol. The summed E-state index contributed by atoms with van der Waals surface area (Å²) in [5.41, 5.74) is 0. The average molecular weight is 277 g/mol. The number of nitrogens with zero attached hydrogens (tertiary/aromatic N) is 1. The van der Waals surface area contributed by atoms with Gasteiger partial charge in [-0.1, -0.05) is 27.7 Å². The molecule has 0 aliphatic carbocycles. The molecule has 1 fully saturated rings. The van der Waals surface area contributed by atoms with Crippen LogP contribution in [0.3, 0.4) is 0 Å². The summed E-state index contributed by atoms with van der Waals surface area (Å²) in [6.07, 6.45) is 3.27. The third kappa shape index (κ3) is 4.77. The molecule has 0 radical (unpaired) electrons. The van der Waals surface area contributed by atoms with Crippen LogP contribution in [0.25, 0.3) is 0 Å². The zero-order valence-corrected chi connectivity index (χ0v) is 13.1. The van der Waals surface area contributed by atoms with Gasteiger partial charge < -0.3 is 10.2 Å². The highest BCUT2D eigenvalue weighted by Crippen LogP contribution is 2.19. The fraction of sp³-hybridized carbons (Fsp3) is 0.929. The predicted octanol–water partition coefficient (Wildman–Crippen LogP) is 2.69. The molecule has 0 bridgehead atoms. The van der Waals surface area contributed by atoms with E-state index in [0.29, 0.717) is 17.9 Å². The first-order valence-corrected chi connectivity index (χ1v) is 7.09. The van der Waals surface area contributed by atoms with E-state index in [1.54, 1.807) is 0 Å². The number of carbonyl (C=O) groups is 1. The van der Waals surface area contributed by atoms with Crippen molar-refractivity contribution in [2.24, 2.45) is 11.8 Å². The topological polar surface area (TPSA) is 32.3 Å². The van der Waals surface area contributed by atoms with Gasteiger partial charge in [0.2, 0.25) is 5.91 Å². The van der Waals surface area contributed by atoms with Crippen LogP contribution in [0.2, 0.25) is 0 Å². The number of piperidine rings is 1. The molecule has 0 aromatic carbocycles. The molecule has 3 nitrogen and oxygen atoms in total. The second-order valence-corrected chi connectivity index (χ2v) is 5.55. The van der Waals surface area contributed by atoms with E-state index >= 15 is 0 Å². The van der Waals surface area contributed by atoms with Gasteiger partial charge in [0.15, 0.2) is 0 Å². The molecule has 108 valence electrons. The highest BCUT2D eigenvalue weighted by molar-refractivity contribution is 5.85. The molecule has 1 unspecified atom stereocenters. The lowest BCUT2D eigenvalue weighted by Crippen LogP contribution is -2.48. The second-order valence-electron chi connectivity index (χ2n) is 5.55. The summed E-state index contributed by atoms with van der Waals surface area (Å²) in [5.74, 6) is 0.939. The van der Waals surface area contributed by atoms with Gasteiger partial charge in [-0.3, -0.25) is 4.79 Å². The maximum atomic E-state index is 12.5. The number of carbonyl (C=O) groups excluding carboxylic acids is 1. The molecule has 1 rings (SSSR count). The monoisotopic (exact) mass is 276 g/mol. The van der Waals surface area contributed by atoms with Crippen LogP contribution < -0.4 is 5.32 Å². The van der Waals surface area contributed by atoms with E-state index in [0.717, 1.165) is 38.9 Å². The summed E-state index contributed by atoms with van der Waals surface area (Å²) in [5, 5.41) is 3.36. The van der Waals surface area contributed by atoms with Crippen molar-refractivity contribution in [3.63, 3.8) is 0 Å². The molecule has 1 atom stereocenters. The molecule has 18 heavy (non-hydrogen) atoms. The Hall–Kier alpha value is -0.280. The van der Waals surface area contributed by atoms with Crippen LogP contribution in [-0.4, -0.2) is 36.5 Å². The summed E-state index contributed by atoms with van der Waals surface area (Å²) in [7, 11) is 0. The maximum Gasteiger partial charge on any atom is 0.225 e. The number of rotatable bonds is 5. The van der Waals surface area contributed by atoms with Gasteiger partial charge in [0.25, 0.3) is 0 Å². The summed E-state index contributed by atoms with van der Waals surface area (Å²) in [4.78, 5) is 14.6. The first kappa shape index (κ1) is 17.7. The minimum absolute atomic E-state index is 0. The van der Waals surface area contributed by atoms with Crippen LogP contribution >= 0.6 is 12.4 Å². The van der Waals surface area contributed by atoms with Gasteiger partial charge in [-0.15, -0.1) is 12.4 Å². The molecule has 1 saturated heterocycles. The largest absolute Gasteiger partial charge is 0.339 e. The van der Waals surface area contributed by atoms with Crippen molar-refractivity contribution in [1.29, 1.82) is 0 Å². The van der Waals surface area contributed by atoms with Crippen LogP contribution in [0.1, 0.15) is 47.0 Å². The molecular formula is C14H29ClN2O. The van der Waals surface area contributed by atoms with Crippen molar-refractivity contribution in [2.45, 2.75) is 53.0 Å². The molecule has 0 spiro atoms. The Morgan fingerprint density at radius 2 is 1.83 bits per heavy atom. The Bertz CT molecular complexity index is 240. The average Bonchev–Trinajstić information content (AvgIpc) is 2.35. The summed E-state index contributed by atoms with van der Waals surface area (Å²) in [6, 6.07) is 0.463. The Labute approximate surface area is 118 Å². The molecule has 0 saturated carbocycles. The highest BCUT2D eigenvalue weighted by Gasteiger charge is 2.28. The number of nitrogens with one attached hydrogen (secondary N) is 1. The van der Waals surface area contributed by atoms with E-state index in [-0.39, 0.29) is 18.3 Å². The maximum absolute atomic E-state index is 12.5. The molecule has 1 heterocycles. The van der Waals surface area contributed by atoms with Crippen molar-refractivity contribution < 1.29 is 4.79 Å². The highest BCUT2D eigenvalue weighted by atomic mass is 35.5. The molecule has 1 N–H and O–H groups in total. The van der Waals surface area contributed by atoms with Gasteiger partial charge in [0.1, 0.15) is 0 Å². The first-order valence-electron chi connectivity index (χ1n) is 7.09. The lowest BCUT2D eigenvalue weighted by atomic mass is 9.94. The van der Waals surface area contributed by atoms with Crippen LogP contribution in [0.15, 0.2) is 0 Å². The Morgan fingerprint density at radius 1 is 1.28 bits per heavy atom. The zero-order valence-electron chi connectivity index (χ0n) is 12.2. The first-order chi connectivity index (χ1) is 8.07. The van der Waals surface area contributed by atoms with Crippen LogP contribution in [0.5, 0.6) is 0 Å². The van der Waals surface area contributed by atoms with Crippen LogP contribution in [0, 0.1) is 11.8 Å². The van der Waals surface area contributed by atoms with E-state index in [2.05, 4.69) is 37.9 Å². The lowest BCUT2D eigenvalue weighted by Gasteiger charge is -2.37. The van der Waals surface area contributed by atoms with Gasteiger partial charge in [-0.2, -0.15) is 0 Å². The molecule has 1 aliphatic rings. The SMILES string of the molecule is CCCN(C(=O)C(C)C(C)C)C1CCNCC1.Cl. The van der Waals surface area contributed by atoms with Gasteiger partial charge in [-0.05, 0) is 38.3 Å². The standard InChI is InChI=1S/C14H28N2O.ClH/c1-5-10-16(13-6-8-15-9-7-13)14(17)12(4)11(2)3;/h11-13,15H,5-10H2,1-4H3;1H. The fourth-order valence-corrected chi connectivity index (χ4v) is 2.38. The molecule has 0 aromatic heterocycles. The molecule has 1 amide bonds. The smallest absolute Gasteiger partial charge is 0.225 e. The number of hydrogen-bond donors (Lipinski definition) is 1. The minimum atomic E-state index is 0. The molecule has 0 aromatic rings. The molecule has 4 heteroatoms. The summed E-state index contributed by atoms with van der Waals surface area (Å²) >= 11 is 0. The third-order valence-corrected chi connectivity index (χ3v) is 3.89. The summed E-state index contributed by atoms with van der Waals surface area (Å²) in [6.45, 7) is 11.5. The normalized spacial score (nSPS) is 18.3. The fourth-order valence-electron chi connectivity index (χ4n) is 2.38. The Morgan fingerprint density at radius 3 is 2.28 bits per heavy atom. The van der Waals surface area contributed by atoms with E-state index in [1.165, 1.54) is 0 Å². The quantitative estimate of drug-likeness (QED) is 0.837. The third-order valence-electron chi connectivity index (χ3n) is 3.89. The minimum Gasteiger partial charge on any atom is -0.339 e. The van der Waals surface area contributed by atoms with E-state index in [9.17, 15) is 4.79 Å². The Balaban J connectivity index is 0.00000289. The van der Waals surface area contributed by atoms with Gasteiger partial charge in [-0.25, -0.2) is 0 Å². The van der Waals surface area contributed by atoms with Crippen molar-refractivity contribution in [1.82, 2.24) is 10.2 Å². The van der Waals surface area contributed by atoms with Crippen molar-refractivity contribution >= 4 is 18.3 Å². The van der Waals surface area contributed by atoms with E-state index in [4.69, 9.17) is 0 Å². The zero-order chi connectivity index (χ0) is 12.8. The number of amides is 1. The van der Waals surface area contributed by atoms with Crippen LogP contribution in [-0.2, 0) is 4.79 Å². The van der Waals surface area contributed by atoms with E-state index in [1.807, 2.05) is 0 Å². The number of hydrogen-bond acceptors (Lipinski definition) is 2. The van der Waals surface area contributed by atoms with Gasteiger partial charge >= 0.3 is 0 Å².